The number of likely N-dealkylation sites (tertiary alicyclic amines) is 1. The highest BCUT2D eigenvalue weighted by Gasteiger charge is 2.36. The van der Waals surface area contributed by atoms with E-state index in [9.17, 15) is 14.4 Å². The van der Waals surface area contributed by atoms with Crippen LogP contribution in [0.3, 0.4) is 0 Å². The van der Waals surface area contributed by atoms with Gasteiger partial charge in [0.1, 0.15) is 17.5 Å². The highest BCUT2D eigenvalue weighted by molar-refractivity contribution is 5.91. The van der Waals surface area contributed by atoms with E-state index in [1.807, 2.05) is 80.3 Å². The van der Waals surface area contributed by atoms with Gasteiger partial charge in [0.15, 0.2) is 0 Å². The van der Waals surface area contributed by atoms with Crippen LogP contribution in [0.15, 0.2) is 54.6 Å². The predicted octanol–water partition coefficient (Wildman–Crippen LogP) is 4.54. The van der Waals surface area contributed by atoms with Gasteiger partial charge in [0.05, 0.1) is 5.92 Å². The van der Waals surface area contributed by atoms with Gasteiger partial charge in [-0.2, -0.15) is 0 Å². The summed E-state index contributed by atoms with van der Waals surface area (Å²) in [4.78, 5) is 41.4. The van der Waals surface area contributed by atoms with Crippen molar-refractivity contribution in [1.29, 1.82) is 0 Å². The first-order valence-corrected chi connectivity index (χ1v) is 13.7. The third-order valence-corrected chi connectivity index (χ3v) is 6.97. The van der Waals surface area contributed by atoms with Crippen molar-refractivity contribution in [2.24, 2.45) is 23.6 Å². The van der Waals surface area contributed by atoms with Crippen molar-refractivity contribution in [2.75, 3.05) is 6.54 Å². The van der Waals surface area contributed by atoms with Gasteiger partial charge >= 0.3 is 0 Å². The standard InChI is InChI=1S/C30H42N4O4/c1-4-11-25(29(36)33-31)26(18-21(2)3)28(35)32-27-16-8-9-17-34(30(27)37)20-22-12-10-15-24(19-22)38-23-13-6-5-7-14-23/h5-7,10,12-15,19,21,25-27H,4,8-9,11,16-18,20,31H2,1-3H3,(H,32,35)(H,33,36)/t25?,26?,27-/m0/s1. The van der Waals surface area contributed by atoms with E-state index < -0.39 is 17.9 Å². The lowest BCUT2D eigenvalue weighted by atomic mass is 9.81. The van der Waals surface area contributed by atoms with Crippen LogP contribution in [0.1, 0.15) is 64.9 Å². The van der Waals surface area contributed by atoms with Gasteiger partial charge in [-0.1, -0.05) is 57.5 Å². The van der Waals surface area contributed by atoms with Gasteiger partial charge in [-0.25, -0.2) is 5.84 Å². The Morgan fingerprint density at radius 3 is 2.45 bits per heavy atom. The van der Waals surface area contributed by atoms with Crippen LogP contribution in [0, 0.1) is 17.8 Å². The first kappa shape index (κ1) is 29.2. The molecule has 1 heterocycles. The van der Waals surface area contributed by atoms with Crippen molar-refractivity contribution < 1.29 is 19.1 Å². The van der Waals surface area contributed by atoms with Crippen molar-refractivity contribution in [3.63, 3.8) is 0 Å². The molecule has 8 nitrogen and oxygen atoms in total. The molecule has 3 amide bonds. The molecule has 0 spiro atoms. The van der Waals surface area contributed by atoms with Crippen LogP contribution in [0.4, 0.5) is 0 Å². The number of nitrogens with zero attached hydrogens (tertiary/aromatic N) is 1. The molecular weight excluding hydrogens is 480 g/mol. The first-order valence-electron chi connectivity index (χ1n) is 13.7. The number of benzene rings is 2. The maximum atomic E-state index is 13.6. The summed E-state index contributed by atoms with van der Waals surface area (Å²) in [7, 11) is 0. The van der Waals surface area contributed by atoms with Crippen LogP contribution in [0.25, 0.3) is 0 Å². The molecule has 1 aliphatic heterocycles. The number of hydrogen-bond donors (Lipinski definition) is 3. The number of carbonyl (C=O) groups excluding carboxylic acids is 3. The van der Waals surface area contributed by atoms with Crippen molar-refractivity contribution in [2.45, 2.75) is 71.9 Å². The molecule has 0 radical (unpaired) electrons. The Kier molecular flexibility index (Phi) is 11.1. The van der Waals surface area contributed by atoms with Crippen LogP contribution in [-0.2, 0) is 20.9 Å². The van der Waals surface area contributed by atoms with Crippen LogP contribution < -0.4 is 21.3 Å². The van der Waals surface area contributed by atoms with E-state index in [0.717, 1.165) is 30.6 Å². The number of para-hydroxylation sites is 1. The number of hydrazine groups is 1. The predicted molar refractivity (Wildman–Crippen MR) is 148 cm³/mol. The molecule has 0 aliphatic carbocycles. The molecule has 1 saturated heterocycles. The third-order valence-electron chi connectivity index (χ3n) is 6.97. The summed E-state index contributed by atoms with van der Waals surface area (Å²) in [5, 5.41) is 3.02. The molecule has 3 atom stereocenters. The molecule has 2 aromatic carbocycles. The molecule has 4 N–H and O–H groups in total. The molecule has 1 aliphatic rings. The summed E-state index contributed by atoms with van der Waals surface area (Å²) in [5.74, 6) is 5.35. The van der Waals surface area contributed by atoms with Crippen LogP contribution in [-0.4, -0.2) is 35.2 Å². The largest absolute Gasteiger partial charge is 0.457 e. The molecule has 2 aromatic rings. The smallest absolute Gasteiger partial charge is 0.245 e. The lowest BCUT2D eigenvalue weighted by Gasteiger charge is -2.29. The molecule has 38 heavy (non-hydrogen) atoms. The minimum Gasteiger partial charge on any atom is -0.457 e. The second kappa shape index (κ2) is 14.5. The molecule has 1 fully saturated rings. The van der Waals surface area contributed by atoms with E-state index in [-0.39, 0.29) is 23.6 Å². The van der Waals surface area contributed by atoms with Gasteiger partial charge in [0.2, 0.25) is 17.7 Å². The monoisotopic (exact) mass is 522 g/mol. The maximum Gasteiger partial charge on any atom is 0.245 e. The lowest BCUT2D eigenvalue weighted by Crippen LogP contribution is -2.51. The Hall–Kier alpha value is -3.39. The average molecular weight is 523 g/mol. The highest BCUT2D eigenvalue weighted by atomic mass is 16.5. The zero-order valence-corrected chi connectivity index (χ0v) is 22.8. The fraction of sp³-hybridized carbons (Fsp3) is 0.500. The topological polar surface area (TPSA) is 114 Å². The number of carbonyl (C=O) groups is 3. The molecule has 0 aromatic heterocycles. The maximum absolute atomic E-state index is 13.6. The van der Waals surface area contributed by atoms with Gasteiger partial charge in [-0.15, -0.1) is 0 Å². The Labute approximate surface area is 226 Å². The first-order chi connectivity index (χ1) is 18.3. The lowest BCUT2D eigenvalue weighted by molar-refractivity contribution is -0.140. The minimum absolute atomic E-state index is 0.0937. The molecular formula is C30H42N4O4. The summed E-state index contributed by atoms with van der Waals surface area (Å²) < 4.78 is 5.96. The number of nitrogens with one attached hydrogen (secondary N) is 2. The Morgan fingerprint density at radius 2 is 1.76 bits per heavy atom. The Morgan fingerprint density at radius 1 is 1.03 bits per heavy atom. The molecule has 2 unspecified atom stereocenters. The number of rotatable bonds is 12. The van der Waals surface area contributed by atoms with Crippen LogP contribution >= 0.6 is 0 Å². The zero-order valence-electron chi connectivity index (χ0n) is 22.8. The third kappa shape index (κ3) is 8.31. The van der Waals surface area contributed by atoms with Gasteiger partial charge in [-0.05, 0) is 67.9 Å². The fourth-order valence-electron chi connectivity index (χ4n) is 5.12. The van der Waals surface area contributed by atoms with Crippen LogP contribution in [0.2, 0.25) is 0 Å². The van der Waals surface area contributed by atoms with Gasteiger partial charge in [-0.3, -0.25) is 19.8 Å². The van der Waals surface area contributed by atoms with Gasteiger partial charge < -0.3 is 15.0 Å². The van der Waals surface area contributed by atoms with E-state index >= 15 is 0 Å². The van der Waals surface area contributed by atoms with E-state index in [1.54, 1.807) is 0 Å². The number of ether oxygens (including phenoxy) is 1. The SMILES string of the molecule is CCCC(C(=O)NN)C(CC(C)C)C(=O)N[C@H]1CCCCN(Cc2cccc(Oc3ccccc3)c2)C1=O. The molecule has 3 rings (SSSR count). The van der Waals surface area contributed by atoms with Crippen LogP contribution in [0.5, 0.6) is 11.5 Å². The summed E-state index contributed by atoms with van der Waals surface area (Å²) in [6.45, 7) is 7.09. The summed E-state index contributed by atoms with van der Waals surface area (Å²) >= 11 is 0. The van der Waals surface area contributed by atoms with Gasteiger partial charge in [0.25, 0.3) is 0 Å². The van der Waals surface area contributed by atoms with Crippen molar-refractivity contribution in [3.05, 3.63) is 60.2 Å². The minimum atomic E-state index is -0.619. The van der Waals surface area contributed by atoms with E-state index in [2.05, 4.69) is 10.7 Å². The highest BCUT2D eigenvalue weighted by Crippen LogP contribution is 2.27. The van der Waals surface area contributed by atoms with Crippen molar-refractivity contribution in [1.82, 2.24) is 15.6 Å². The van der Waals surface area contributed by atoms with Crippen molar-refractivity contribution >= 4 is 17.7 Å². The second-order valence-electron chi connectivity index (χ2n) is 10.5. The van der Waals surface area contributed by atoms with Crippen molar-refractivity contribution in [3.8, 4) is 11.5 Å². The Bertz CT molecular complexity index is 1060. The molecule has 8 heteroatoms. The fourth-order valence-corrected chi connectivity index (χ4v) is 5.12. The summed E-state index contributed by atoms with van der Waals surface area (Å²) in [6.07, 6.45) is 4.13. The van der Waals surface area contributed by atoms with Gasteiger partial charge in [0, 0.05) is 19.0 Å². The summed E-state index contributed by atoms with van der Waals surface area (Å²) in [5.41, 5.74) is 3.19. The Balaban J connectivity index is 1.72. The normalized spacial score (nSPS) is 17.4. The van der Waals surface area contributed by atoms with E-state index in [4.69, 9.17) is 10.6 Å². The molecule has 0 bridgehead atoms. The second-order valence-corrected chi connectivity index (χ2v) is 10.5. The number of amides is 3. The number of hydrogen-bond acceptors (Lipinski definition) is 5. The summed E-state index contributed by atoms with van der Waals surface area (Å²) in [6, 6.07) is 16.7. The van der Waals surface area contributed by atoms with E-state index in [0.29, 0.717) is 38.1 Å². The molecule has 0 saturated carbocycles. The molecule has 206 valence electrons. The zero-order chi connectivity index (χ0) is 27.5. The average Bonchev–Trinajstić information content (AvgIpc) is 3.07. The quantitative estimate of drug-likeness (QED) is 0.215. The van der Waals surface area contributed by atoms with E-state index in [1.165, 1.54) is 0 Å². The number of nitrogens with two attached hydrogens (primary N) is 1.